The summed E-state index contributed by atoms with van der Waals surface area (Å²) in [6.07, 6.45) is 4.68. The molecule has 0 unspecified atom stereocenters. The Bertz CT molecular complexity index is 829. The minimum atomic E-state index is -1.10. The van der Waals surface area contributed by atoms with E-state index in [9.17, 15) is 9.90 Å². The number of halogens is 1. The second-order valence-corrected chi connectivity index (χ2v) is 7.29. The quantitative estimate of drug-likeness (QED) is 0.857. The number of aromatic carboxylic acids is 1. The average Bonchev–Trinajstić information content (AvgIpc) is 3.13. The van der Waals surface area contributed by atoms with Crippen LogP contribution in [0, 0.1) is 0 Å². The van der Waals surface area contributed by atoms with Gasteiger partial charge in [-0.3, -0.25) is 4.90 Å². The fourth-order valence-corrected chi connectivity index (χ4v) is 4.59. The van der Waals surface area contributed by atoms with Crippen molar-refractivity contribution in [1.82, 2.24) is 19.9 Å². The van der Waals surface area contributed by atoms with Crippen molar-refractivity contribution >= 4 is 23.4 Å². The Morgan fingerprint density at radius 1 is 1.35 bits per heavy atom. The van der Waals surface area contributed by atoms with E-state index in [0.29, 0.717) is 5.82 Å². The molecule has 0 radical (unpaired) electrons. The smallest absolute Gasteiger partial charge is 0.356 e. The van der Waals surface area contributed by atoms with Gasteiger partial charge < -0.3 is 15.0 Å². The first-order valence-corrected chi connectivity index (χ1v) is 9.35. The third-order valence-corrected chi connectivity index (χ3v) is 6.03. The fraction of sp³-hybridized carbons (Fsp3) is 0.500. The molecule has 0 atom stereocenters. The zero-order chi connectivity index (χ0) is 18.3. The maximum absolute atomic E-state index is 11.3. The average molecular weight is 376 g/mol. The number of aromatic amines is 1. The van der Waals surface area contributed by atoms with Crippen molar-refractivity contribution < 1.29 is 9.90 Å². The number of pyridine rings is 1. The Hall–Kier alpha value is -2.12. The molecule has 8 heteroatoms. The van der Waals surface area contributed by atoms with Crippen molar-refractivity contribution in [1.29, 1.82) is 0 Å². The summed E-state index contributed by atoms with van der Waals surface area (Å²) in [5, 5.41) is 9.42. The molecule has 0 bridgehead atoms. The molecule has 26 heavy (non-hydrogen) atoms. The molecule has 2 aliphatic heterocycles. The van der Waals surface area contributed by atoms with Crippen LogP contribution in [0.15, 0.2) is 18.5 Å². The van der Waals surface area contributed by atoms with Crippen molar-refractivity contribution in [2.45, 2.75) is 31.7 Å². The monoisotopic (exact) mass is 375 g/mol. The molecule has 4 heterocycles. The van der Waals surface area contributed by atoms with Gasteiger partial charge in [-0.25, -0.2) is 14.8 Å². The lowest BCUT2D eigenvalue weighted by atomic mass is 9.78. The molecule has 2 aromatic heterocycles. The van der Waals surface area contributed by atoms with Crippen LogP contribution >= 0.6 is 11.6 Å². The van der Waals surface area contributed by atoms with Crippen LogP contribution in [-0.2, 0) is 12.0 Å². The van der Waals surface area contributed by atoms with Gasteiger partial charge in [0, 0.05) is 31.7 Å². The normalized spacial score (nSPS) is 19.5. The number of carboxylic acids is 1. The first-order valence-electron chi connectivity index (χ1n) is 8.97. The zero-order valence-corrected chi connectivity index (χ0v) is 15.5. The number of hydrogen-bond acceptors (Lipinski definition) is 5. The van der Waals surface area contributed by atoms with E-state index in [0.717, 1.165) is 45.4 Å². The number of anilines is 1. The van der Waals surface area contributed by atoms with Gasteiger partial charge in [-0.2, -0.15) is 0 Å². The van der Waals surface area contributed by atoms with E-state index in [2.05, 4.69) is 31.7 Å². The number of imidazole rings is 1. The highest BCUT2D eigenvalue weighted by molar-refractivity contribution is 6.33. The van der Waals surface area contributed by atoms with E-state index in [1.165, 1.54) is 11.4 Å². The Kier molecular flexibility index (Phi) is 4.36. The standard InChI is InChI=1S/C18H22ClN5O2/c1-2-24-8-5-13-16(21-11-20-13)18(24)6-9-23(10-7-18)14-4-3-12(19)15(22-14)17(25)26/h3-4,11H,2,5-10H2,1H3,(H,20,21)(H,25,26). The van der Waals surface area contributed by atoms with Gasteiger partial charge in [-0.05, 0) is 31.5 Å². The summed E-state index contributed by atoms with van der Waals surface area (Å²) in [5.74, 6) is -0.432. The number of fused-ring (bicyclic) bond motifs is 2. The largest absolute Gasteiger partial charge is 0.476 e. The molecule has 1 fully saturated rings. The number of rotatable bonds is 3. The maximum Gasteiger partial charge on any atom is 0.356 e. The van der Waals surface area contributed by atoms with E-state index in [4.69, 9.17) is 11.6 Å². The molecule has 1 saturated heterocycles. The van der Waals surface area contributed by atoms with Crippen molar-refractivity contribution in [2.75, 3.05) is 31.1 Å². The number of likely N-dealkylation sites (N-methyl/N-ethyl adjacent to an activating group) is 1. The van der Waals surface area contributed by atoms with Gasteiger partial charge in [-0.15, -0.1) is 0 Å². The summed E-state index contributed by atoms with van der Waals surface area (Å²) in [7, 11) is 0. The van der Waals surface area contributed by atoms with Crippen LogP contribution in [0.2, 0.25) is 5.02 Å². The van der Waals surface area contributed by atoms with Crippen LogP contribution in [0.1, 0.15) is 41.6 Å². The van der Waals surface area contributed by atoms with Gasteiger partial charge in [0.2, 0.25) is 0 Å². The first-order chi connectivity index (χ1) is 12.5. The summed E-state index contributed by atoms with van der Waals surface area (Å²) in [5.41, 5.74) is 2.30. The van der Waals surface area contributed by atoms with E-state index in [1.54, 1.807) is 18.5 Å². The molecule has 0 amide bonds. The maximum atomic E-state index is 11.3. The molecular weight excluding hydrogens is 354 g/mol. The lowest BCUT2D eigenvalue weighted by Gasteiger charge is -2.50. The number of aromatic nitrogens is 3. The van der Waals surface area contributed by atoms with Crippen molar-refractivity contribution in [3.8, 4) is 0 Å². The van der Waals surface area contributed by atoms with Crippen molar-refractivity contribution in [2.24, 2.45) is 0 Å². The molecule has 1 spiro atoms. The first kappa shape index (κ1) is 17.3. The number of nitrogens with zero attached hydrogens (tertiary/aromatic N) is 4. The zero-order valence-electron chi connectivity index (χ0n) is 14.7. The molecular formula is C18H22ClN5O2. The number of nitrogens with one attached hydrogen (secondary N) is 1. The highest BCUT2D eigenvalue weighted by atomic mass is 35.5. The third-order valence-electron chi connectivity index (χ3n) is 5.73. The van der Waals surface area contributed by atoms with Crippen LogP contribution in [0.4, 0.5) is 5.82 Å². The minimum absolute atomic E-state index is 0.0408. The molecule has 0 aliphatic carbocycles. The summed E-state index contributed by atoms with van der Waals surface area (Å²) in [6, 6.07) is 3.41. The van der Waals surface area contributed by atoms with Gasteiger partial charge in [0.1, 0.15) is 5.82 Å². The Balaban J connectivity index is 1.60. The van der Waals surface area contributed by atoms with Crippen LogP contribution < -0.4 is 4.90 Å². The Morgan fingerprint density at radius 3 is 2.81 bits per heavy atom. The predicted octanol–water partition coefficient (Wildman–Crippen LogP) is 2.53. The van der Waals surface area contributed by atoms with Gasteiger partial charge in [0.15, 0.2) is 5.69 Å². The Labute approximate surface area is 157 Å². The van der Waals surface area contributed by atoms with Crippen LogP contribution in [0.5, 0.6) is 0 Å². The summed E-state index contributed by atoms with van der Waals surface area (Å²) in [4.78, 5) is 28.2. The van der Waals surface area contributed by atoms with Crippen molar-refractivity contribution in [3.63, 3.8) is 0 Å². The number of carbonyl (C=O) groups is 1. The van der Waals surface area contributed by atoms with Gasteiger partial charge in [0.05, 0.1) is 22.6 Å². The lowest BCUT2D eigenvalue weighted by Crippen LogP contribution is -2.56. The SMILES string of the molecule is CCN1CCc2[nH]cnc2C12CCN(c1ccc(Cl)c(C(=O)O)n1)CC2. The van der Waals surface area contributed by atoms with E-state index < -0.39 is 5.97 Å². The molecule has 2 N–H and O–H groups in total. The van der Waals surface area contributed by atoms with E-state index in [-0.39, 0.29) is 16.3 Å². The number of piperidine rings is 1. The summed E-state index contributed by atoms with van der Waals surface area (Å²) >= 11 is 5.95. The van der Waals surface area contributed by atoms with Crippen molar-refractivity contribution in [3.05, 3.63) is 40.6 Å². The van der Waals surface area contributed by atoms with E-state index in [1.807, 2.05) is 0 Å². The fourth-order valence-electron chi connectivity index (χ4n) is 4.40. The summed E-state index contributed by atoms with van der Waals surface area (Å²) in [6.45, 7) is 5.83. The topological polar surface area (TPSA) is 85.4 Å². The number of carboxylic acid groups (broad SMARTS) is 1. The predicted molar refractivity (Wildman–Crippen MR) is 98.9 cm³/mol. The van der Waals surface area contributed by atoms with Crippen LogP contribution in [0.3, 0.4) is 0 Å². The molecule has 0 saturated carbocycles. The van der Waals surface area contributed by atoms with E-state index >= 15 is 0 Å². The second-order valence-electron chi connectivity index (χ2n) is 6.88. The number of hydrogen-bond donors (Lipinski definition) is 2. The molecule has 7 nitrogen and oxygen atoms in total. The second kappa shape index (κ2) is 6.55. The molecule has 2 aromatic rings. The molecule has 138 valence electrons. The van der Waals surface area contributed by atoms with Crippen LogP contribution in [0.25, 0.3) is 0 Å². The lowest BCUT2D eigenvalue weighted by molar-refractivity contribution is 0.0496. The van der Waals surface area contributed by atoms with Crippen LogP contribution in [-0.4, -0.2) is 57.1 Å². The van der Waals surface area contributed by atoms with Gasteiger partial charge >= 0.3 is 5.97 Å². The molecule has 2 aliphatic rings. The van der Waals surface area contributed by atoms with Gasteiger partial charge in [-0.1, -0.05) is 18.5 Å². The minimum Gasteiger partial charge on any atom is -0.476 e. The van der Waals surface area contributed by atoms with Gasteiger partial charge in [0.25, 0.3) is 0 Å². The highest BCUT2D eigenvalue weighted by Crippen LogP contribution is 2.42. The summed E-state index contributed by atoms with van der Waals surface area (Å²) < 4.78 is 0. The Morgan fingerprint density at radius 2 is 2.12 bits per heavy atom. The highest BCUT2D eigenvalue weighted by Gasteiger charge is 2.46. The third kappa shape index (κ3) is 2.66. The number of H-pyrrole nitrogens is 1. The molecule has 4 rings (SSSR count). The molecule has 0 aromatic carbocycles.